The predicted octanol–water partition coefficient (Wildman–Crippen LogP) is 3.00. The third kappa shape index (κ3) is 3.94. The van der Waals surface area contributed by atoms with E-state index in [-0.39, 0.29) is 0 Å². The minimum atomic E-state index is 0.933. The summed E-state index contributed by atoms with van der Waals surface area (Å²) >= 11 is 2.98. The topological polar surface area (TPSA) is 3.24 Å². The van der Waals surface area contributed by atoms with Gasteiger partial charge >= 0.3 is 111 Å². The molecule has 0 bridgehead atoms. The maximum atomic E-state index is 2.98. The Morgan fingerprint density at radius 2 is 1.18 bits per heavy atom. The van der Waals surface area contributed by atoms with Gasteiger partial charge < -0.3 is 0 Å². The molecule has 0 aliphatic carbocycles. The summed E-state index contributed by atoms with van der Waals surface area (Å²) in [7, 11) is 0. The summed E-state index contributed by atoms with van der Waals surface area (Å²) in [6, 6.07) is 21.0. The molecule has 2 heteroatoms. The van der Waals surface area contributed by atoms with Gasteiger partial charge in [0.25, 0.3) is 0 Å². The molecule has 0 saturated heterocycles. The number of benzene rings is 2. The molecule has 2 rings (SSSR count). The van der Waals surface area contributed by atoms with Crippen molar-refractivity contribution in [2.75, 3.05) is 0 Å². The average molecular weight is 261 g/mol. The van der Waals surface area contributed by atoms with Crippen molar-refractivity contribution < 1.29 is 15.9 Å². The Morgan fingerprint density at radius 3 is 1.53 bits per heavy atom. The molecule has 0 N–H and O–H groups in total. The molecule has 0 radical (unpaired) electrons. The van der Waals surface area contributed by atoms with Crippen molar-refractivity contribution in [1.82, 2.24) is 4.90 Å². The van der Waals surface area contributed by atoms with Crippen LogP contribution in [0.5, 0.6) is 0 Å². The zero-order valence-corrected chi connectivity index (χ0v) is 10.9. The van der Waals surface area contributed by atoms with E-state index in [4.69, 9.17) is 0 Å². The molecule has 2 aromatic carbocycles. The summed E-state index contributed by atoms with van der Waals surface area (Å²) in [6.07, 6.45) is 0. The Balaban J connectivity index is 2.01. The van der Waals surface area contributed by atoms with Crippen molar-refractivity contribution in [3.05, 3.63) is 71.8 Å². The van der Waals surface area contributed by atoms with Crippen molar-refractivity contribution in [1.29, 1.82) is 0 Å². The van der Waals surface area contributed by atoms with Gasteiger partial charge in [-0.05, 0) is 0 Å². The molecule has 0 saturated carbocycles. The first-order valence-corrected chi connectivity index (χ1v) is 6.39. The molecular weight excluding hydrogens is 246 g/mol. The van der Waals surface area contributed by atoms with Crippen LogP contribution < -0.4 is 0 Å². The minimum absolute atomic E-state index is 0.933. The van der Waals surface area contributed by atoms with E-state index in [2.05, 4.69) is 69.3 Å². The summed E-state index contributed by atoms with van der Waals surface area (Å²) < 4.78 is 0. The molecule has 17 heavy (non-hydrogen) atoms. The number of hydrogen-bond acceptors (Lipinski definition) is 1. The van der Waals surface area contributed by atoms with Gasteiger partial charge in [0.05, 0.1) is 0 Å². The zero-order chi connectivity index (χ0) is 11.9. The van der Waals surface area contributed by atoms with Crippen LogP contribution in [-0.2, 0) is 28.9 Å². The molecule has 1 nitrogen and oxygen atoms in total. The second-order valence-electron chi connectivity index (χ2n) is 3.98. The van der Waals surface area contributed by atoms with Gasteiger partial charge in [-0.2, -0.15) is 0 Å². The van der Waals surface area contributed by atoms with Crippen molar-refractivity contribution >= 4 is 5.01 Å². The van der Waals surface area contributed by atoms with E-state index in [1.165, 1.54) is 11.1 Å². The van der Waals surface area contributed by atoms with Crippen molar-refractivity contribution in [2.45, 2.75) is 13.1 Å². The summed E-state index contributed by atoms with van der Waals surface area (Å²) in [4.78, 5) is 2.27. The van der Waals surface area contributed by atoms with Gasteiger partial charge in [-0.15, -0.1) is 0 Å². The molecule has 0 aliphatic heterocycles. The summed E-state index contributed by atoms with van der Waals surface area (Å²) in [5, 5.41) is 2.03. The van der Waals surface area contributed by atoms with Crippen LogP contribution >= 0.6 is 0 Å². The molecule has 0 aliphatic rings. The van der Waals surface area contributed by atoms with Gasteiger partial charge in [-0.25, -0.2) is 0 Å². The van der Waals surface area contributed by atoms with Crippen molar-refractivity contribution in [2.24, 2.45) is 0 Å². The second kappa shape index (κ2) is 6.52. The van der Waals surface area contributed by atoms with E-state index in [0.29, 0.717) is 0 Å². The van der Waals surface area contributed by atoms with Gasteiger partial charge in [0.2, 0.25) is 0 Å². The number of nitrogens with zero attached hydrogens (tertiary/aromatic N) is 1. The number of hydrogen-bond donors (Lipinski definition) is 0. The third-order valence-corrected chi connectivity index (χ3v) is 3.07. The molecule has 0 amide bonds. The van der Waals surface area contributed by atoms with E-state index in [9.17, 15) is 0 Å². The zero-order valence-electron chi connectivity index (χ0n) is 9.62. The van der Waals surface area contributed by atoms with E-state index in [1.807, 2.05) is 17.1 Å². The fraction of sp³-hybridized carbons (Fsp3) is 0.133. The Morgan fingerprint density at radius 1 is 0.765 bits per heavy atom. The first-order chi connectivity index (χ1) is 8.38. The quantitative estimate of drug-likeness (QED) is 0.799. The fourth-order valence-corrected chi connectivity index (χ4v) is 2.00. The molecule has 0 atom stereocenters. The standard InChI is InChI=1S/C15H15N.Cr/c1-16(12-14-8-4-2-5-9-14)13-15-10-6-3-7-11-15;/h1-11H,12-13H2;. The first kappa shape index (κ1) is 12.3. The number of rotatable bonds is 5. The Kier molecular flexibility index (Phi) is 4.70. The second-order valence-corrected chi connectivity index (χ2v) is 4.31. The average Bonchev–Trinajstić information content (AvgIpc) is 2.40. The van der Waals surface area contributed by atoms with Crippen molar-refractivity contribution in [3.63, 3.8) is 0 Å². The van der Waals surface area contributed by atoms with Crippen LogP contribution in [0.4, 0.5) is 0 Å². The predicted molar refractivity (Wildman–Crippen MR) is 68.2 cm³/mol. The monoisotopic (exact) mass is 261 g/mol. The third-order valence-electron chi connectivity index (χ3n) is 2.61. The van der Waals surface area contributed by atoms with E-state index < -0.39 is 0 Å². The maximum absolute atomic E-state index is 2.98. The summed E-state index contributed by atoms with van der Waals surface area (Å²) in [5.41, 5.74) is 2.66. The molecular formula is C15H15CrN. The molecule has 0 aromatic heterocycles. The molecule has 0 fully saturated rings. The van der Waals surface area contributed by atoms with Gasteiger partial charge in [0.1, 0.15) is 0 Å². The summed E-state index contributed by atoms with van der Waals surface area (Å²) in [6.45, 7) is 1.87. The Hall–Kier alpha value is -1.20. The molecule has 86 valence electrons. The molecule has 0 spiro atoms. The Bertz CT molecular complexity index is 411. The molecule has 0 unspecified atom stereocenters. The van der Waals surface area contributed by atoms with Crippen molar-refractivity contribution in [3.8, 4) is 0 Å². The van der Waals surface area contributed by atoms with E-state index in [1.54, 1.807) is 0 Å². The summed E-state index contributed by atoms with van der Waals surface area (Å²) in [5.74, 6) is 0. The SMILES string of the molecule is [Cr]=[CH]N(Cc1ccccc1)Cc1ccccc1. The van der Waals surface area contributed by atoms with Gasteiger partial charge in [0.15, 0.2) is 0 Å². The molecule has 0 heterocycles. The molecule has 2 aromatic rings. The van der Waals surface area contributed by atoms with Crippen LogP contribution in [-0.4, -0.2) is 9.91 Å². The van der Waals surface area contributed by atoms with Crippen LogP contribution in [0, 0.1) is 0 Å². The fourth-order valence-electron chi connectivity index (χ4n) is 1.77. The van der Waals surface area contributed by atoms with Gasteiger partial charge in [-0.1, -0.05) is 0 Å². The first-order valence-electron chi connectivity index (χ1n) is 5.65. The van der Waals surface area contributed by atoms with Crippen LogP contribution in [0.1, 0.15) is 11.1 Å². The Labute approximate surface area is 111 Å². The van der Waals surface area contributed by atoms with Gasteiger partial charge in [-0.3, -0.25) is 0 Å². The van der Waals surface area contributed by atoms with E-state index >= 15 is 0 Å². The van der Waals surface area contributed by atoms with Crippen LogP contribution in [0.15, 0.2) is 60.7 Å². The van der Waals surface area contributed by atoms with Crippen LogP contribution in [0.3, 0.4) is 0 Å². The van der Waals surface area contributed by atoms with Crippen LogP contribution in [0.25, 0.3) is 0 Å². The van der Waals surface area contributed by atoms with Gasteiger partial charge in [0, 0.05) is 0 Å². The van der Waals surface area contributed by atoms with E-state index in [0.717, 1.165) is 13.1 Å². The normalized spacial score (nSPS) is 10.4. The van der Waals surface area contributed by atoms with Crippen LogP contribution in [0.2, 0.25) is 0 Å².